The van der Waals surface area contributed by atoms with Gasteiger partial charge >= 0.3 is 0 Å². The van der Waals surface area contributed by atoms with Crippen molar-refractivity contribution in [1.82, 2.24) is 9.55 Å². The molecule has 0 bridgehead atoms. The molecule has 0 radical (unpaired) electrons. The number of nitriles is 1. The largest absolute Gasteiger partial charge is 0.376 e. The summed E-state index contributed by atoms with van der Waals surface area (Å²) in [6.45, 7) is 2.33. The molecule has 0 aliphatic heterocycles. The van der Waals surface area contributed by atoms with E-state index in [1.165, 1.54) is 0 Å². The van der Waals surface area contributed by atoms with Gasteiger partial charge in [-0.05, 0) is 19.1 Å². The lowest BCUT2D eigenvalue weighted by atomic mass is 10.2. The second-order valence-electron chi connectivity index (χ2n) is 4.23. The van der Waals surface area contributed by atoms with Gasteiger partial charge in [-0.2, -0.15) is 5.26 Å². The highest BCUT2D eigenvalue weighted by molar-refractivity contribution is 5.50. The minimum atomic E-state index is -0.769. The third-order valence-corrected chi connectivity index (χ3v) is 2.61. The minimum absolute atomic E-state index is 0.0391. The van der Waals surface area contributed by atoms with Gasteiger partial charge in [-0.1, -0.05) is 0 Å². The van der Waals surface area contributed by atoms with Crippen LogP contribution in [0.25, 0.3) is 0 Å². The molecule has 2 aromatic rings. The van der Waals surface area contributed by atoms with Crippen molar-refractivity contribution >= 4 is 5.69 Å². The van der Waals surface area contributed by atoms with E-state index in [9.17, 15) is 8.78 Å². The Morgan fingerprint density at radius 2 is 2.11 bits per heavy atom. The molecular formula is C13H12F2N4. The predicted octanol–water partition coefficient (Wildman–Crippen LogP) is 2.53. The van der Waals surface area contributed by atoms with E-state index >= 15 is 0 Å². The zero-order valence-corrected chi connectivity index (χ0v) is 10.3. The molecule has 0 saturated carbocycles. The van der Waals surface area contributed by atoms with Crippen LogP contribution in [0, 0.1) is 23.0 Å². The fourth-order valence-electron chi connectivity index (χ4n) is 1.78. The zero-order chi connectivity index (χ0) is 13.8. The van der Waals surface area contributed by atoms with Gasteiger partial charge in [0.25, 0.3) is 0 Å². The van der Waals surface area contributed by atoms with Gasteiger partial charge in [0.15, 0.2) is 11.6 Å². The van der Waals surface area contributed by atoms with E-state index in [1.807, 2.05) is 0 Å². The molecule has 98 valence electrons. The number of anilines is 1. The number of halogens is 2. The van der Waals surface area contributed by atoms with Gasteiger partial charge in [0, 0.05) is 25.0 Å². The number of imidazole rings is 1. The van der Waals surface area contributed by atoms with Crippen LogP contribution in [0.5, 0.6) is 0 Å². The van der Waals surface area contributed by atoms with Gasteiger partial charge in [-0.25, -0.2) is 13.8 Å². The standard InChI is InChI=1S/C13H12F2N4/c1-9(7-19-3-2-17-8-19)18-13-11(14)4-10(6-16)5-12(13)15/h2-5,8-9,18H,7H2,1H3. The molecule has 1 aromatic carbocycles. The molecule has 0 amide bonds. The smallest absolute Gasteiger partial charge is 0.150 e. The molecule has 1 heterocycles. The Hall–Kier alpha value is -2.42. The van der Waals surface area contributed by atoms with E-state index in [-0.39, 0.29) is 17.3 Å². The maximum absolute atomic E-state index is 13.7. The Morgan fingerprint density at radius 1 is 1.42 bits per heavy atom. The quantitative estimate of drug-likeness (QED) is 0.921. The van der Waals surface area contributed by atoms with Crippen LogP contribution in [-0.2, 0) is 6.54 Å². The first-order valence-electron chi connectivity index (χ1n) is 5.71. The molecule has 2 rings (SSSR count). The molecule has 19 heavy (non-hydrogen) atoms. The number of nitrogens with zero attached hydrogens (tertiary/aromatic N) is 3. The summed E-state index contributed by atoms with van der Waals surface area (Å²) in [7, 11) is 0. The van der Waals surface area contributed by atoms with Crippen molar-refractivity contribution in [2.75, 3.05) is 5.32 Å². The van der Waals surface area contributed by atoms with Crippen LogP contribution in [0.15, 0.2) is 30.9 Å². The summed E-state index contributed by atoms with van der Waals surface area (Å²) >= 11 is 0. The Balaban J connectivity index is 2.13. The highest BCUT2D eigenvalue weighted by Crippen LogP contribution is 2.21. The molecule has 1 aromatic heterocycles. The van der Waals surface area contributed by atoms with E-state index in [0.29, 0.717) is 6.54 Å². The Kier molecular flexibility index (Phi) is 3.76. The lowest BCUT2D eigenvalue weighted by Crippen LogP contribution is -2.22. The minimum Gasteiger partial charge on any atom is -0.376 e. The molecular weight excluding hydrogens is 250 g/mol. The fraction of sp³-hybridized carbons (Fsp3) is 0.231. The first-order chi connectivity index (χ1) is 9.10. The maximum atomic E-state index is 13.7. The van der Waals surface area contributed by atoms with E-state index < -0.39 is 11.6 Å². The average Bonchev–Trinajstić information content (AvgIpc) is 2.86. The van der Waals surface area contributed by atoms with Crippen molar-refractivity contribution in [2.45, 2.75) is 19.5 Å². The van der Waals surface area contributed by atoms with Gasteiger partial charge in [-0.15, -0.1) is 0 Å². The Morgan fingerprint density at radius 3 is 2.63 bits per heavy atom. The molecule has 6 heteroatoms. The second kappa shape index (κ2) is 5.48. The predicted molar refractivity (Wildman–Crippen MR) is 66.4 cm³/mol. The van der Waals surface area contributed by atoms with Crippen molar-refractivity contribution in [3.8, 4) is 6.07 Å². The van der Waals surface area contributed by atoms with Gasteiger partial charge in [0.1, 0.15) is 5.69 Å². The van der Waals surface area contributed by atoms with Gasteiger partial charge < -0.3 is 9.88 Å². The van der Waals surface area contributed by atoms with E-state index in [1.54, 1.807) is 36.3 Å². The molecule has 1 unspecified atom stereocenters. The lowest BCUT2D eigenvalue weighted by Gasteiger charge is -2.17. The molecule has 0 spiro atoms. The molecule has 0 fully saturated rings. The highest BCUT2D eigenvalue weighted by Gasteiger charge is 2.13. The zero-order valence-electron chi connectivity index (χ0n) is 10.3. The van der Waals surface area contributed by atoms with Crippen LogP contribution in [0.1, 0.15) is 12.5 Å². The monoisotopic (exact) mass is 262 g/mol. The summed E-state index contributed by atoms with van der Waals surface area (Å²) in [6.07, 6.45) is 5.03. The van der Waals surface area contributed by atoms with Crippen LogP contribution in [-0.4, -0.2) is 15.6 Å². The summed E-state index contributed by atoms with van der Waals surface area (Å²) in [6, 6.07) is 3.54. The fourth-order valence-corrected chi connectivity index (χ4v) is 1.78. The second-order valence-corrected chi connectivity index (χ2v) is 4.23. The summed E-state index contributed by atoms with van der Waals surface area (Å²) in [5.41, 5.74) is -0.255. The molecule has 4 nitrogen and oxygen atoms in total. The Labute approximate surface area is 109 Å². The van der Waals surface area contributed by atoms with Crippen LogP contribution in [0.2, 0.25) is 0 Å². The number of hydrogen-bond donors (Lipinski definition) is 1. The molecule has 1 atom stereocenters. The summed E-state index contributed by atoms with van der Waals surface area (Å²) in [5.74, 6) is -1.54. The lowest BCUT2D eigenvalue weighted by molar-refractivity contribution is 0.568. The summed E-state index contributed by atoms with van der Waals surface area (Å²) in [5, 5.41) is 11.4. The highest BCUT2D eigenvalue weighted by atomic mass is 19.1. The van der Waals surface area contributed by atoms with Crippen molar-refractivity contribution in [2.24, 2.45) is 0 Å². The number of rotatable bonds is 4. The first-order valence-corrected chi connectivity index (χ1v) is 5.71. The number of hydrogen-bond acceptors (Lipinski definition) is 3. The molecule has 1 N–H and O–H groups in total. The van der Waals surface area contributed by atoms with Gasteiger partial charge in [0.05, 0.1) is 18.0 Å². The number of benzene rings is 1. The van der Waals surface area contributed by atoms with Gasteiger partial charge in [0.2, 0.25) is 0 Å². The van der Waals surface area contributed by atoms with Crippen LogP contribution >= 0.6 is 0 Å². The number of nitrogens with one attached hydrogen (secondary N) is 1. The van der Waals surface area contributed by atoms with Crippen molar-refractivity contribution in [3.63, 3.8) is 0 Å². The maximum Gasteiger partial charge on any atom is 0.150 e. The third-order valence-electron chi connectivity index (χ3n) is 2.61. The summed E-state index contributed by atoms with van der Waals surface area (Å²) in [4.78, 5) is 3.89. The van der Waals surface area contributed by atoms with Crippen molar-refractivity contribution in [1.29, 1.82) is 5.26 Å². The van der Waals surface area contributed by atoms with Crippen LogP contribution in [0.3, 0.4) is 0 Å². The van der Waals surface area contributed by atoms with Crippen LogP contribution < -0.4 is 5.32 Å². The Bertz CT molecular complexity index is 579. The normalized spacial score (nSPS) is 11.9. The molecule has 0 aliphatic rings. The van der Waals surface area contributed by atoms with Crippen molar-refractivity contribution < 1.29 is 8.78 Å². The molecule has 0 saturated heterocycles. The number of aromatic nitrogens is 2. The van der Waals surface area contributed by atoms with Crippen molar-refractivity contribution in [3.05, 3.63) is 48.1 Å². The molecule has 0 aliphatic carbocycles. The topological polar surface area (TPSA) is 53.6 Å². The third kappa shape index (κ3) is 3.07. The average molecular weight is 262 g/mol. The van der Waals surface area contributed by atoms with Gasteiger partial charge in [-0.3, -0.25) is 0 Å². The van der Waals surface area contributed by atoms with E-state index in [2.05, 4.69) is 10.3 Å². The van der Waals surface area contributed by atoms with E-state index in [0.717, 1.165) is 12.1 Å². The SMILES string of the molecule is CC(Cn1ccnc1)Nc1c(F)cc(C#N)cc1F. The first kappa shape index (κ1) is 13.0. The van der Waals surface area contributed by atoms with E-state index in [4.69, 9.17) is 5.26 Å². The summed E-state index contributed by atoms with van der Waals surface area (Å²) < 4.78 is 29.1. The van der Waals surface area contributed by atoms with Crippen LogP contribution in [0.4, 0.5) is 14.5 Å².